The van der Waals surface area contributed by atoms with E-state index in [-0.39, 0.29) is 23.0 Å². The molecule has 9 heteroatoms. The van der Waals surface area contributed by atoms with Crippen LogP contribution in [0.25, 0.3) is 22.2 Å². The molecule has 38 heavy (non-hydrogen) atoms. The third-order valence-corrected chi connectivity index (χ3v) is 7.05. The number of aromatic nitrogens is 3. The van der Waals surface area contributed by atoms with Crippen LogP contribution in [0.4, 0.5) is 20.3 Å². The van der Waals surface area contributed by atoms with Crippen molar-refractivity contribution in [3.63, 3.8) is 0 Å². The molecule has 4 aromatic rings. The number of hydrogen-bond donors (Lipinski definition) is 2. The lowest BCUT2D eigenvalue weighted by Crippen LogP contribution is -2.44. The maximum Gasteiger partial charge on any atom is 0.256 e. The molecule has 0 spiro atoms. The maximum atomic E-state index is 15.0. The molecule has 1 amide bonds. The summed E-state index contributed by atoms with van der Waals surface area (Å²) < 4.78 is 30.0. The lowest BCUT2D eigenvalue weighted by atomic mass is 9.99. The highest BCUT2D eigenvalue weighted by Crippen LogP contribution is 2.30. The Morgan fingerprint density at radius 3 is 2.39 bits per heavy atom. The third kappa shape index (κ3) is 5.52. The van der Waals surface area contributed by atoms with Crippen LogP contribution in [0.3, 0.4) is 0 Å². The van der Waals surface area contributed by atoms with Crippen LogP contribution in [0.5, 0.6) is 0 Å². The average molecular weight is 519 g/mol. The fraction of sp³-hybridized carbons (Fsp3) is 0.345. The van der Waals surface area contributed by atoms with Gasteiger partial charge in [-0.05, 0) is 73.8 Å². The number of carbonyl (C=O) groups excluding carboxylic acids is 1. The number of nitrogens with zero attached hydrogens (tertiary/aromatic N) is 4. The van der Waals surface area contributed by atoms with Gasteiger partial charge in [-0.3, -0.25) is 14.9 Å². The number of likely N-dealkylation sites (N-methyl/N-ethyl adjacent to an activating group) is 1. The fourth-order valence-corrected chi connectivity index (χ4v) is 4.69. The van der Waals surface area contributed by atoms with E-state index in [1.807, 2.05) is 12.1 Å². The standard InChI is InChI=1S/C29H32F2N6O/c1-18(2)4-5-19-14-23(30)27(24(31)15-19)25-16-22-26(17-32-25)34-35-28(22)33-29(38)20-6-8-21(9-7-20)37-12-10-36(3)11-13-37/h6-9,14-18H,4-5,10-13H2,1-3H3,(H2,33,34,35,38). The largest absolute Gasteiger partial charge is 0.369 e. The second-order valence-electron chi connectivity index (χ2n) is 10.3. The molecule has 2 aromatic heterocycles. The van der Waals surface area contributed by atoms with Crippen molar-refractivity contribution in [2.45, 2.75) is 26.7 Å². The van der Waals surface area contributed by atoms with E-state index in [1.54, 1.807) is 18.2 Å². The van der Waals surface area contributed by atoms with Crippen molar-refractivity contribution >= 4 is 28.3 Å². The Balaban J connectivity index is 1.35. The number of anilines is 2. The van der Waals surface area contributed by atoms with Crippen molar-refractivity contribution < 1.29 is 13.6 Å². The number of amides is 1. The minimum atomic E-state index is -0.662. The van der Waals surface area contributed by atoms with Crippen molar-refractivity contribution in [3.05, 3.63) is 71.4 Å². The van der Waals surface area contributed by atoms with Gasteiger partial charge in [0.05, 0.1) is 23.0 Å². The number of hydrogen-bond acceptors (Lipinski definition) is 5. The molecular formula is C29H32F2N6O. The molecule has 0 saturated carbocycles. The van der Waals surface area contributed by atoms with Gasteiger partial charge in [-0.1, -0.05) is 13.8 Å². The van der Waals surface area contributed by atoms with E-state index >= 15 is 0 Å². The summed E-state index contributed by atoms with van der Waals surface area (Å²) in [6.45, 7) is 8.04. The molecule has 1 saturated heterocycles. The first-order chi connectivity index (χ1) is 18.3. The van der Waals surface area contributed by atoms with Crippen molar-refractivity contribution in [2.75, 3.05) is 43.4 Å². The van der Waals surface area contributed by atoms with Gasteiger partial charge in [0.25, 0.3) is 5.91 Å². The topological polar surface area (TPSA) is 77.2 Å². The van der Waals surface area contributed by atoms with Crippen molar-refractivity contribution in [1.82, 2.24) is 20.1 Å². The number of rotatable bonds is 7. The van der Waals surface area contributed by atoms with E-state index in [0.29, 0.717) is 34.4 Å². The Hall–Kier alpha value is -3.85. The quantitative estimate of drug-likeness (QED) is 0.338. The highest BCUT2D eigenvalue weighted by atomic mass is 19.1. The smallest absolute Gasteiger partial charge is 0.256 e. The number of H-pyrrole nitrogens is 1. The van der Waals surface area contributed by atoms with Crippen LogP contribution in [-0.2, 0) is 6.42 Å². The summed E-state index contributed by atoms with van der Waals surface area (Å²) in [5.74, 6) is -0.940. The minimum Gasteiger partial charge on any atom is -0.369 e. The Morgan fingerprint density at radius 1 is 1.05 bits per heavy atom. The van der Waals surface area contributed by atoms with E-state index in [4.69, 9.17) is 0 Å². The molecular weight excluding hydrogens is 486 g/mol. The SMILES string of the molecule is CC(C)CCc1cc(F)c(-c2cc3c(NC(=O)c4ccc(N5CCN(C)CC5)cc4)n[nH]c3cn2)c(F)c1. The number of aryl methyl sites for hydroxylation is 1. The predicted molar refractivity (Wildman–Crippen MR) is 147 cm³/mol. The van der Waals surface area contributed by atoms with E-state index in [0.717, 1.165) is 38.3 Å². The molecule has 1 aliphatic rings. The molecule has 0 aliphatic carbocycles. The molecule has 3 heterocycles. The van der Waals surface area contributed by atoms with E-state index < -0.39 is 11.6 Å². The van der Waals surface area contributed by atoms with Crippen LogP contribution < -0.4 is 10.2 Å². The predicted octanol–water partition coefficient (Wildman–Crippen LogP) is 5.50. The van der Waals surface area contributed by atoms with Crippen LogP contribution in [-0.4, -0.2) is 59.2 Å². The number of carbonyl (C=O) groups is 1. The first-order valence-corrected chi connectivity index (χ1v) is 13.0. The molecule has 0 bridgehead atoms. The summed E-state index contributed by atoms with van der Waals surface area (Å²) in [7, 11) is 2.11. The summed E-state index contributed by atoms with van der Waals surface area (Å²) in [6, 6.07) is 11.8. The van der Waals surface area contributed by atoms with Crippen LogP contribution in [0.15, 0.2) is 48.7 Å². The first kappa shape index (κ1) is 25.8. The normalized spacial score (nSPS) is 14.4. The van der Waals surface area contributed by atoms with Crippen molar-refractivity contribution in [3.8, 4) is 11.3 Å². The van der Waals surface area contributed by atoms with Gasteiger partial charge in [0.1, 0.15) is 11.6 Å². The second-order valence-corrected chi connectivity index (χ2v) is 10.3. The van der Waals surface area contributed by atoms with Gasteiger partial charge < -0.3 is 15.1 Å². The number of fused-ring (bicyclic) bond motifs is 1. The van der Waals surface area contributed by atoms with Crippen LogP contribution in [0, 0.1) is 17.6 Å². The molecule has 198 valence electrons. The molecule has 2 N–H and O–H groups in total. The number of benzene rings is 2. The molecule has 5 rings (SSSR count). The zero-order valence-electron chi connectivity index (χ0n) is 21.9. The summed E-state index contributed by atoms with van der Waals surface area (Å²) in [5, 5.41) is 10.3. The lowest BCUT2D eigenvalue weighted by molar-refractivity contribution is 0.102. The van der Waals surface area contributed by atoms with E-state index in [2.05, 4.69) is 51.2 Å². The Bertz CT molecular complexity index is 1420. The highest BCUT2D eigenvalue weighted by Gasteiger charge is 2.19. The van der Waals surface area contributed by atoms with Gasteiger partial charge in [-0.2, -0.15) is 5.10 Å². The lowest BCUT2D eigenvalue weighted by Gasteiger charge is -2.34. The fourth-order valence-electron chi connectivity index (χ4n) is 4.69. The molecule has 0 unspecified atom stereocenters. The first-order valence-electron chi connectivity index (χ1n) is 13.0. The Kier molecular flexibility index (Phi) is 7.37. The number of aromatic amines is 1. The molecule has 0 radical (unpaired) electrons. The van der Waals surface area contributed by atoms with Gasteiger partial charge in [-0.15, -0.1) is 0 Å². The van der Waals surface area contributed by atoms with E-state index in [1.165, 1.54) is 18.3 Å². The van der Waals surface area contributed by atoms with Gasteiger partial charge in [0, 0.05) is 42.8 Å². The zero-order valence-corrected chi connectivity index (χ0v) is 21.9. The van der Waals surface area contributed by atoms with Gasteiger partial charge in [-0.25, -0.2) is 8.78 Å². The number of piperazine rings is 1. The van der Waals surface area contributed by atoms with Gasteiger partial charge in [0.15, 0.2) is 5.82 Å². The zero-order chi connectivity index (χ0) is 26.8. The highest BCUT2D eigenvalue weighted by molar-refractivity contribution is 6.08. The third-order valence-electron chi connectivity index (χ3n) is 7.05. The molecule has 7 nitrogen and oxygen atoms in total. The Morgan fingerprint density at radius 2 is 1.74 bits per heavy atom. The van der Waals surface area contributed by atoms with Crippen molar-refractivity contribution in [2.24, 2.45) is 5.92 Å². The number of halogens is 2. The summed E-state index contributed by atoms with van der Waals surface area (Å²) in [4.78, 5) is 21.8. The molecule has 1 fully saturated rings. The second kappa shape index (κ2) is 10.9. The molecule has 2 aromatic carbocycles. The van der Waals surface area contributed by atoms with Crippen LogP contribution in [0.2, 0.25) is 0 Å². The average Bonchev–Trinajstić information content (AvgIpc) is 3.29. The Labute approximate surface area is 220 Å². The number of nitrogens with one attached hydrogen (secondary N) is 2. The van der Waals surface area contributed by atoms with E-state index in [9.17, 15) is 13.6 Å². The van der Waals surface area contributed by atoms with Gasteiger partial charge in [0.2, 0.25) is 0 Å². The summed E-state index contributed by atoms with van der Waals surface area (Å²) in [5.41, 5.74) is 2.67. The van der Waals surface area contributed by atoms with Crippen molar-refractivity contribution in [1.29, 1.82) is 0 Å². The molecule has 1 aliphatic heterocycles. The monoisotopic (exact) mass is 518 g/mol. The van der Waals surface area contributed by atoms with Gasteiger partial charge >= 0.3 is 0 Å². The van der Waals surface area contributed by atoms with Crippen LogP contribution >= 0.6 is 0 Å². The maximum absolute atomic E-state index is 15.0. The van der Waals surface area contributed by atoms with Crippen LogP contribution in [0.1, 0.15) is 36.2 Å². The summed E-state index contributed by atoms with van der Waals surface area (Å²) in [6.07, 6.45) is 2.91. The molecule has 0 atom stereocenters. The number of pyridine rings is 1. The minimum absolute atomic E-state index is 0.135. The summed E-state index contributed by atoms with van der Waals surface area (Å²) >= 11 is 0.